The highest BCUT2D eigenvalue weighted by molar-refractivity contribution is 6.01. The molecule has 2 aromatic carbocycles. The second-order valence-corrected chi connectivity index (χ2v) is 8.99. The molecule has 180 valence electrons. The minimum absolute atomic E-state index is 0.0742. The number of rotatable bonds is 6. The van der Waals surface area contributed by atoms with Crippen molar-refractivity contribution in [3.05, 3.63) is 70.1 Å². The fourth-order valence-corrected chi connectivity index (χ4v) is 5.02. The highest BCUT2D eigenvalue weighted by Crippen LogP contribution is 2.46. The van der Waals surface area contributed by atoms with Crippen LogP contribution in [0.4, 0.5) is 22.7 Å². The Morgan fingerprint density at radius 3 is 1.47 bits per heavy atom. The molecule has 0 aromatic heterocycles. The predicted molar refractivity (Wildman–Crippen MR) is 124 cm³/mol. The zero-order valence-electron chi connectivity index (χ0n) is 18.9. The van der Waals surface area contributed by atoms with Gasteiger partial charge in [-0.1, -0.05) is 12.2 Å². The van der Waals surface area contributed by atoms with Crippen molar-refractivity contribution in [3.63, 3.8) is 0 Å². The number of nitrogens with one attached hydrogen (secondary N) is 4. The first kappa shape index (κ1) is 24.0. The zero-order chi connectivity index (χ0) is 24.6. The molecule has 34 heavy (non-hydrogen) atoms. The summed E-state index contributed by atoms with van der Waals surface area (Å²) in [5, 5.41) is 44.4. The Morgan fingerprint density at radius 1 is 0.794 bits per heavy atom. The Labute approximate surface area is 196 Å². The molecule has 0 heterocycles. The van der Waals surface area contributed by atoms with Gasteiger partial charge >= 0.3 is 0 Å². The number of carbonyl (C=O) groups is 2. The highest BCUT2D eigenvalue weighted by Gasteiger charge is 2.48. The first-order chi connectivity index (χ1) is 16.2. The summed E-state index contributed by atoms with van der Waals surface area (Å²) >= 11 is 0. The summed E-state index contributed by atoms with van der Waals surface area (Å²) in [4.78, 5) is 26.8. The van der Waals surface area contributed by atoms with E-state index in [1.807, 2.05) is 12.2 Å². The number of aryl methyl sites for hydroxylation is 2. The van der Waals surface area contributed by atoms with Crippen LogP contribution in [0, 0.1) is 47.9 Å². The number of amides is 2. The molecule has 0 radical (unpaired) electrons. The Balaban J connectivity index is 1.55. The quantitative estimate of drug-likeness (QED) is 0.279. The Kier molecular flexibility index (Phi) is 6.80. The summed E-state index contributed by atoms with van der Waals surface area (Å²) < 4.78 is 0. The summed E-state index contributed by atoms with van der Waals surface area (Å²) in [5.41, 5.74) is 2.55. The van der Waals surface area contributed by atoms with E-state index in [9.17, 15) is 20.0 Å². The average molecular weight is 469 g/mol. The standard InChI is InChI=1S/C24H28N4O6/c1-13-11-17(27(31)32)7-9-19(13)25-23(29)21-15-3-5-16(6-4-15)22(21)24(30)26-20-10-8-18(28(33)34)12-14(20)2/h3,5,7-12,15-16,21-22,27-28,31,33H,4,6H2,1-2H3,(H,25,29)(H,26,30)/t15-,16-,21-,22-/m1/s1. The maximum atomic E-state index is 13.4. The van der Waals surface area contributed by atoms with Gasteiger partial charge in [-0.2, -0.15) is 10.5 Å². The van der Waals surface area contributed by atoms with E-state index in [4.69, 9.17) is 10.4 Å². The zero-order valence-corrected chi connectivity index (χ0v) is 18.9. The second-order valence-electron chi connectivity index (χ2n) is 8.99. The van der Waals surface area contributed by atoms with Gasteiger partial charge in [-0.25, -0.2) is 10.4 Å². The molecule has 3 aliphatic rings. The molecule has 6 N–H and O–H groups in total. The largest absolute Gasteiger partial charge is 0.595 e. The van der Waals surface area contributed by atoms with Crippen LogP contribution in [0.3, 0.4) is 0 Å². The number of hydrogen-bond donors (Lipinski definition) is 6. The van der Waals surface area contributed by atoms with Gasteiger partial charge in [0.1, 0.15) is 0 Å². The number of quaternary nitrogens is 2. The minimum atomic E-state index is -1.04. The molecular formula is C24H28N4O6. The summed E-state index contributed by atoms with van der Waals surface area (Å²) in [6.45, 7) is 3.45. The molecule has 10 heteroatoms. The molecule has 2 bridgehead atoms. The molecule has 0 spiro atoms. The molecule has 0 aliphatic heterocycles. The monoisotopic (exact) mass is 468 g/mol. The van der Waals surface area contributed by atoms with Gasteiger partial charge in [-0.05, 0) is 61.8 Å². The maximum absolute atomic E-state index is 13.4. The topological polar surface area (TPSA) is 154 Å². The van der Waals surface area contributed by atoms with Crippen molar-refractivity contribution in [1.29, 1.82) is 0 Å². The molecule has 0 saturated heterocycles. The van der Waals surface area contributed by atoms with E-state index in [1.54, 1.807) is 26.0 Å². The number of fused-ring (bicyclic) bond motifs is 2. The van der Waals surface area contributed by atoms with Crippen LogP contribution in [0.1, 0.15) is 24.0 Å². The maximum Gasteiger partial charge on any atom is 0.228 e. The third-order valence-corrected chi connectivity index (χ3v) is 6.82. The van der Waals surface area contributed by atoms with Crippen LogP contribution in [0.5, 0.6) is 0 Å². The number of anilines is 2. The summed E-state index contributed by atoms with van der Waals surface area (Å²) in [6, 6.07) is 9.00. The lowest BCUT2D eigenvalue weighted by Crippen LogP contribution is -2.99. The molecule has 1 fully saturated rings. The average Bonchev–Trinajstić information content (AvgIpc) is 2.81. The van der Waals surface area contributed by atoms with Crippen molar-refractivity contribution >= 4 is 34.6 Å². The van der Waals surface area contributed by atoms with E-state index in [1.165, 1.54) is 24.3 Å². The summed E-state index contributed by atoms with van der Waals surface area (Å²) in [6.07, 6.45) is 5.64. The summed E-state index contributed by atoms with van der Waals surface area (Å²) in [5.74, 6) is -1.84. The van der Waals surface area contributed by atoms with Crippen LogP contribution in [0.2, 0.25) is 0 Å². The highest BCUT2D eigenvalue weighted by atomic mass is 16.8. The first-order valence-corrected chi connectivity index (χ1v) is 11.1. The SMILES string of the molecule is Cc1cc([NH+]([O-])O)ccc1NC(=O)[C@H]1[C@H](C(=O)Nc2ccc([NH+]([O-])O)cc2C)[C@@H]2C=C[C@@H]1CC2. The fraction of sp³-hybridized carbons (Fsp3) is 0.333. The van der Waals surface area contributed by atoms with Crippen molar-refractivity contribution in [3.8, 4) is 0 Å². The lowest BCUT2D eigenvalue weighted by Gasteiger charge is -2.43. The van der Waals surface area contributed by atoms with Crippen LogP contribution in [0.15, 0.2) is 48.6 Å². The molecule has 10 nitrogen and oxygen atoms in total. The number of benzene rings is 2. The van der Waals surface area contributed by atoms with E-state index in [-0.39, 0.29) is 35.0 Å². The van der Waals surface area contributed by atoms with Gasteiger partial charge in [0.05, 0.1) is 11.8 Å². The van der Waals surface area contributed by atoms with E-state index in [0.29, 0.717) is 22.5 Å². The summed E-state index contributed by atoms with van der Waals surface area (Å²) in [7, 11) is 0. The van der Waals surface area contributed by atoms with Gasteiger partial charge in [0.2, 0.25) is 11.8 Å². The van der Waals surface area contributed by atoms with Crippen LogP contribution in [-0.2, 0) is 9.59 Å². The number of hydrogen-bond acceptors (Lipinski definition) is 6. The normalized spacial score (nSPS) is 25.0. The van der Waals surface area contributed by atoms with E-state index >= 15 is 0 Å². The molecule has 6 atom stereocenters. The first-order valence-electron chi connectivity index (χ1n) is 11.1. The smallest absolute Gasteiger partial charge is 0.228 e. The second kappa shape index (κ2) is 9.63. The van der Waals surface area contributed by atoms with Crippen molar-refractivity contribution in [2.75, 3.05) is 10.6 Å². The molecule has 2 amide bonds. The van der Waals surface area contributed by atoms with E-state index < -0.39 is 22.3 Å². The van der Waals surface area contributed by atoms with Crippen molar-refractivity contribution in [2.24, 2.45) is 23.7 Å². The van der Waals surface area contributed by atoms with E-state index in [0.717, 1.165) is 12.8 Å². The molecule has 2 aromatic rings. The van der Waals surface area contributed by atoms with Crippen molar-refractivity contribution in [1.82, 2.24) is 0 Å². The van der Waals surface area contributed by atoms with E-state index in [2.05, 4.69) is 10.6 Å². The van der Waals surface area contributed by atoms with Crippen LogP contribution in [-0.4, -0.2) is 22.2 Å². The van der Waals surface area contributed by atoms with Crippen molar-refractivity contribution in [2.45, 2.75) is 26.7 Å². The number of carbonyl (C=O) groups excluding carboxylic acids is 2. The molecule has 1 saturated carbocycles. The Bertz CT molecular complexity index is 1040. The van der Waals surface area contributed by atoms with Gasteiger partial charge in [-0.15, -0.1) is 0 Å². The van der Waals surface area contributed by atoms with Crippen molar-refractivity contribution < 1.29 is 30.5 Å². The minimum Gasteiger partial charge on any atom is -0.595 e. The third-order valence-electron chi connectivity index (χ3n) is 6.82. The number of allylic oxidation sites excluding steroid dienone is 2. The molecule has 3 aliphatic carbocycles. The van der Waals surface area contributed by atoms with Gasteiger partial charge in [0.25, 0.3) is 0 Å². The lowest BCUT2D eigenvalue weighted by atomic mass is 9.61. The fourth-order valence-electron chi connectivity index (χ4n) is 5.02. The lowest BCUT2D eigenvalue weighted by molar-refractivity contribution is -0.991. The van der Waals surface area contributed by atoms with Crippen LogP contribution in [0.25, 0.3) is 0 Å². The van der Waals surface area contributed by atoms with Gasteiger partial charge in [0, 0.05) is 35.6 Å². The van der Waals surface area contributed by atoms with Gasteiger partial charge < -0.3 is 21.0 Å². The van der Waals surface area contributed by atoms with Crippen LogP contribution < -0.4 is 21.1 Å². The predicted octanol–water partition coefficient (Wildman–Crippen LogP) is 1.52. The Hall–Kier alpha value is -3.12. The molecular weight excluding hydrogens is 440 g/mol. The molecule has 2 unspecified atom stereocenters. The third kappa shape index (κ3) is 4.73. The van der Waals surface area contributed by atoms with Crippen LogP contribution >= 0.6 is 0 Å². The Morgan fingerprint density at radius 2 is 1.18 bits per heavy atom. The molecule has 5 rings (SSSR count). The van der Waals surface area contributed by atoms with Gasteiger partial charge in [-0.3, -0.25) is 9.59 Å². The van der Waals surface area contributed by atoms with Gasteiger partial charge in [0.15, 0.2) is 11.4 Å².